The van der Waals surface area contributed by atoms with Gasteiger partial charge in [-0.15, -0.1) is 11.3 Å². The second kappa shape index (κ2) is 5.92. The van der Waals surface area contributed by atoms with Gasteiger partial charge >= 0.3 is 0 Å². The molecule has 0 unspecified atom stereocenters. The molecule has 0 atom stereocenters. The lowest BCUT2D eigenvalue weighted by Gasteiger charge is -2.15. The third-order valence-corrected chi connectivity index (χ3v) is 3.69. The van der Waals surface area contributed by atoms with Gasteiger partial charge in [0.25, 0.3) is 5.91 Å². The molecular weight excluding hydrogens is 272 g/mol. The minimum atomic E-state index is -0.146. The highest BCUT2D eigenvalue weighted by Gasteiger charge is 2.09. The largest absolute Gasteiger partial charge is 0.397 e. The van der Waals surface area contributed by atoms with Crippen molar-refractivity contribution in [2.24, 2.45) is 0 Å². The van der Waals surface area contributed by atoms with E-state index in [0.717, 1.165) is 16.4 Å². The Morgan fingerprint density at radius 1 is 1.45 bits per heavy atom. The number of aromatic nitrogens is 1. The summed E-state index contributed by atoms with van der Waals surface area (Å²) in [6.45, 7) is 2.37. The molecule has 6 heteroatoms. The first-order valence-corrected chi connectivity index (χ1v) is 7.11. The number of benzene rings is 1. The normalized spacial score (nSPS) is 10.3. The fourth-order valence-electron chi connectivity index (χ4n) is 1.87. The number of hydrogen-bond acceptors (Lipinski definition) is 5. The number of carbonyl (C=O) groups is 1. The van der Waals surface area contributed by atoms with Crippen LogP contribution in [-0.4, -0.2) is 25.0 Å². The molecule has 0 bridgehead atoms. The number of nitrogens with zero attached hydrogens (tertiary/aromatic N) is 2. The highest BCUT2D eigenvalue weighted by molar-refractivity contribution is 7.09. The molecule has 1 aromatic carbocycles. The van der Waals surface area contributed by atoms with E-state index in [9.17, 15) is 4.79 Å². The van der Waals surface area contributed by atoms with Gasteiger partial charge in [0.05, 0.1) is 28.6 Å². The number of rotatable bonds is 4. The highest BCUT2D eigenvalue weighted by atomic mass is 32.1. The maximum Gasteiger partial charge on any atom is 0.251 e. The molecule has 2 aromatic rings. The number of thiazole rings is 1. The molecule has 106 valence electrons. The summed E-state index contributed by atoms with van der Waals surface area (Å²) in [6, 6.07) is 5.31. The standard InChI is InChI=1S/C14H18N4OS/c1-9-17-11(8-20-9)7-16-14(19)10-4-5-13(18(2)3)12(15)6-10/h4-6,8H,7,15H2,1-3H3,(H,16,19). The number of carbonyl (C=O) groups excluding carboxylic acids is 1. The fourth-order valence-corrected chi connectivity index (χ4v) is 2.48. The van der Waals surface area contributed by atoms with Crippen LogP contribution in [0.25, 0.3) is 0 Å². The number of hydrogen-bond donors (Lipinski definition) is 2. The summed E-state index contributed by atoms with van der Waals surface area (Å²) >= 11 is 1.57. The molecule has 2 rings (SSSR count). The SMILES string of the molecule is Cc1nc(CNC(=O)c2ccc(N(C)C)c(N)c2)cs1. The van der Waals surface area contributed by atoms with Crippen LogP contribution in [0.1, 0.15) is 21.1 Å². The van der Waals surface area contributed by atoms with Gasteiger partial charge in [0, 0.05) is 25.0 Å². The van der Waals surface area contributed by atoms with Crippen LogP contribution in [0, 0.1) is 6.92 Å². The van der Waals surface area contributed by atoms with Gasteiger partial charge in [-0.2, -0.15) is 0 Å². The average Bonchev–Trinajstić information content (AvgIpc) is 2.81. The molecule has 0 aliphatic rings. The Hall–Kier alpha value is -2.08. The molecule has 0 saturated heterocycles. The first kappa shape index (κ1) is 14.3. The van der Waals surface area contributed by atoms with Crippen LogP contribution >= 0.6 is 11.3 Å². The molecule has 0 aliphatic heterocycles. The topological polar surface area (TPSA) is 71.2 Å². The predicted octanol–water partition coefficient (Wildman–Crippen LogP) is 2.03. The lowest BCUT2D eigenvalue weighted by atomic mass is 10.1. The molecular formula is C14H18N4OS. The zero-order chi connectivity index (χ0) is 14.7. The van der Waals surface area contributed by atoms with Crippen LogP contribution in [0.5, 0.6) is 0 Å². The molecule has 3 N–H and O–H groups in total. The molecule has 0 saturated carbocycles. The molecule has 0 fully saturated rings. The summed E-state index contributed by atoms with van der Waals surface area (Å²) in [5.74, 6) is -0.146. The van der Waals surface area contributed by atoms with Crippen molar-refractivity contribution in [2.75, 3.05) is 24.7 Å². The van der Waals surface area contributed by atoms with Crippen molar-refractivity contribution in [1.82, 2.24) is 10.3 Å². The van der Waals surface area contributed by atoms with Crippen LogP contribution in [0.15, 0.2) is 23.6 Å². The molecule has 0 radical (unpaired) electrons. The van der Waals surface area contributed by atoms with E-state index in [4.69, 9.17) is 5.73 Å². The smallest absolute Gasteiger partial charge is 0.251 e. The highest BCUT2D eigenvalue weighted by Crippen LogP contribution is 2.22. The Kier molecular flexibility index (Phi) is 4.24. The van der Waals surface area contributed by atoms with Crippen molar-refractivity contribution < 1.29 is 4.79 Å². The van der Waals surface area contributed by atoms with E-state index in [0.29, 0.717) is 17.8 Å². The zero-order valence-corrected chi connectivity index (χ0v) is 12.6. The lowest BCUT2D eigenvalue weighted by Crippen LogP contribution is -2.23. The number of nitrogen functional groups attached to an aromatic ring is 1. The van der Waals surface area contributed by atoms with Crippen molar-refractivity contribution in [1.29, 1.82) is 0 Å². The Morgan fingerprint density at radius 3 is 2.75 bits per heavy atom. The second-order valence-electron chi connectivity index (χ2n) is 4.71. The summed E-state index contributed by atoms with van der Waals surface area (Å²) in [6.07, 6.45) is 0. The number of nitrogens with two attached hydrogens (primary N) is 1. The first-order chi connectivity index (χ1) is 9.47. The predicted molar refractivity (Wildman–Crippen MR) is 83.2 cm³/mol. The van der Waals surface area contributed by atoms with Crippen molar-refractivity contribution in [3.05, 3.63) is 39.8 Å². The maximum atomic E-state index is 12.1. The van der Waals surface area contributed by atoms with E-state index < -0.39 is 0 Å². The third kappa shape index (κ3) is 3.27. The molecule has 5 nitrogen and oxygen atoms in total. The number of aryl methyl sites for hydroxylation is 1. The van der Waals surface area contributed by atoms with Crippen molar-refractivity contribution in [2.45, 2.75) is 13.5 Å². The summed E-state index contributed by atoms with van der Waals surface area (Å²) in [7, 11) is 3.83. The van der Waals surface area contributed by atoms with Gasteiger partial charge in [-0.3, -0.25) is 4.79 Å². The Bertz CT molecular complexity index is 621. The van der Waals surface area contributed by atoms with E-state index in [1.54, 1.807) is 23.5 Å². The van der Waals surface area contributed by atoms with Crippen molar-refractivity contribution in [3.8, 4) is 0 Å². The Balaban J connectivity index is 2.04. The molecule has 0 spiro atoms. The van der Waals surface area contributed by atoms with Crippen molar-refractivity contribution >= 4 is 28.6 Å². The minimum Gasteiger partial charge on any atom is -0.397 e. The molecule has 1 aromatic heterocycles. The molecule has 20 heavy (non-hydrogen) atoms. The monoisotopic (exact) mass is 290 g/mol. The first-order valence-electron chi connectivity index (χ1n) is 6.23. The van der Waals surface area contributed by atoms with E-state index in [1.165, 1.54) is 0 Å². The van der Waals surface area contributed by atoms with Crippen LogP contribution < -0.4 is 16.0 Å². The van der Waals surface area contributed by atoms with Crippen LogP contribution in [0.3, 0.4) is 0 Å². The summed E-state index contributed by atoms with van der Waals surface area (Å²) in [5.41, 5.74) is 8.86. The quantitative estimate of drug-likeness (QED) is 0.845. The maximum absolute atomic E-state index is 12.1. The third-order valence-electron chi connectivity index (χ3n) is 2.87. The summed E-state index contributed by atoms with van der Waals surface area (Å²) in [4.78, 5) is 18.3. The van der Waals surface area contributed by atoms with Gasteiger partial charge < -0.3 is 16.0 Å². The second-order valence-corrected chi connectivity index (χ2v) is 5.77. The van der Waals surface area contributed by atoms with E-state index in [-0.39, 0.29) is 5.91 Å². The van der Waals surface area contributed by atoms with Gasteiger partial charge in [-0.25, -0.2) is 4.98 Å². The fraction of sp³-hybridized carbons (Fsp3) is 0.286. The summed E-state index contributed by atoms with van der Waals surface area (Å²) in [5, 5.41) is 5.78. The lowest BCUT2D eigenvalue weighted by molar-refractivity contribution is 0.0950. The van der Waals surface area contributed by atoms with E-state index in [2.05, 4.69) is 10.3 Å². The van der Waals surface area contributed by atoms with E-state index in [1.807, 2.05) is 37.4 Å². The zero-order valence-electron chi connectivity index (χ0n) is 11.8. The van der Waals surface area contributed by atoms with E-state index >= 15 is 0 Å². The minimum absolute atomic E-state index is 0.146. The van der Waals surface area contributed by atoms with Crippen LogP contribution in [0.4, 0.5) is 11.4 Å². The Labute approximate surface area is 122 Å². The van der Waals surface area contributed by atoms with Crippen LogP contribution in [-0.2, 0) is 6.54 Å². The summed E-state index contributed by atoms with van der Waals surface area (Å²) < 4.78 is 0. The number of amides is 1. The molecule has 1 amide bonds. The van der Waals surface area contributed by atoms with Gasteiger partial charge in [0.2, 0.25) is 0 Å². The molecule has 0 aliphatic carbocycles. The van der Waals surface area contributed by atoms with Gasteiger partial charge in [0.1, 0.15) is 0 Å². The number of anilines is 2. The number of nitrogens with one attached hydrogen (secondary N) is 1. The average molecular weight is 290 g/mol. The molecule has 1 heterocycles. The van der Waals surface area contributed by atoms with Gasteiger partial charge in [-0.1, -0.05) is 0 Å². The Morgan fingerprint density at radius 2 is 2.20 bits per heavy atom. The van der Waals surface area contributed by atoms with Crippen molar-refractivity contribution in [3.63, 3.8) is 0 Å². The van der Waals surface area contributed by atoms with Gasteiger partial charge in [0.15, 0.2) is 0 Å². The van der Waals surface area contributed by atoms with Gasteiger partial charge in [-0.05, 0) is 25.1 Å². The van der Waals surface area contributed by atoms with Crippen LogP contribution in [0.2, 0.25) is 0 Å².